The Bertz CT molecular complexity index is 1910. The van der Waals surface area contributed by atoms with E-state index >= 15 is 0 Å². The van der Waals surface area contributed by atoms with Crippen molar-refractivity contribution in [2.45, 2.75) is 13.1 Å². The Balaban J connectivity index is 1.37. The minimum absolute atomic E-state index is 0.776. The van der Waals surface area contributed by atoms with E-state index in [0.717, 1.165) is 30.2 Å². The molecule has 0 spiro atoms. The quantitative estimate of drug-likeness (QED) is 0.189. The fraction of sp³-hybridized carbons (Fsp3) is 0.0789. The molecule has 0 aliphatic heterocycles. The monoisotopic (exact) mass is 531 g/mol. The fourth-order valence-corrected chi connectivity index (χ4v) is 5.75. The number of hydrogen-bond acceptors (Lipinski definition) is 1. The molecule has 0 saturated carbocycles. The van der Waals surface area contributed by atoms with Gasteiger partial charge in [0.05, 0.1) is 7.11 Å². The highest BCUT2D eigenvalue weighted by Gasteiger charge is 2.23. The molecule has 7 aromatic rings. The van der Waals surface area contributed by atoms with E-state index in [2.05, 4.69) is 143 Å². The maximum absolute atomic E-state index is 5.37. The summed E-state index contributed by atoms with van der Waals surface area (Å²) in [4.78, 5) is 0. The predicted octanol–water partition coefficient (Wildman–Crippen LogP) is 8.51. The number of benzene rings is 6. The third-order valence-electron chi connectivity index (χ3n) is 7.87. The summed E-state index contributed by atoms with van der Waals surface area (Å²) in [5, 5.41) is 5.06. The van der Waals surface area contributed by atoms with Crippen LogP contribution in [0, 0.1) is 0 Å². The molecule has 0 unspecified atom stereocenters. The molecule has 0 amide bonds. The molecule has 0 atom stereocenters. The van der Waals surface area contributed by atoms with E-state index in [4.69, 9.17) is 4.74 Å². The topological polar surface area (TPSA) is 18.0 Å². The zero-order valence-electron chi connectivity index (χ0n) is 23.1. The summed E-state index contributed by atoms with van der Waals surface area (Å²) in [6, 6.07) is 47.7. The van der Waals surface area contributed by atoms with Gasteiger partial charge in [-0.2, -0.15) is 0 Å². The van der Waals surface area contributed by atoms with Crippen LogP contribution in [0.2, 0.25) is 0 Å². The highest BCUT2D eigenvalue weighted by Crippen LogP contribution is 2.23. The zero-order valence-corrected chi connectivity index (χ0v) is 23.1. The van der Waals surface area contributed by atoms with E-state index in [0.29, 0.717) is 0 Å². The lowest BCUT2D eigenvalue weighted by Gasteiger charge is -2.06. The molecule has 7 rings (SSSR count). The van der Waals surface area contributed by atoms with Gasteiger partial charge < -0.3 is 4.74 Å². The molecule has 0 bridgehead atoms. The van der Waals surface area contributed by atoms with Gasteiger partial charge in [-0.15, -0.1) is 0 Å². The standard InChI is InChI=1S/C38H31N2O/c1-41-35-21-16-28(17-22-35)18-23-38-39(26-29-14-19-31-8-2-4-10-33(31)24-29)36-12-6-7-13-37(36)40(38)27-30-15-20-32-9-3-5-11-34(32)25-30/h2-25H,26-27H2,1H3/q+1/b23-18+. The lowest BCUT2D eigenvalue weighted by molar-refractivity contribution is -0.665. The fourth-order valence-electron chi connectivity index (χ4n) is 5.75. The number of ether oxygens (including phenoxy) is 1. The summed E-state index contributed by atoms with van der Waals surface area (Å²) in [6.07, 6.45) is 4.45. The van der Waals surface area contributed by atoms with Crippen molar-refractivity contribution in [3.63, 3.8) is 0 Å². The van der Waals surface area contributed by atoms with Crippen LogP contribution >= 0.6 is 0 Å². The molecular weight excluding hydrogens is 500 g/mol. The molecular formula is C38H31N2O+. The molecule has 3 heteroatoms. The smallest absolute Gasteiger partial charge is 0.283 e. The van der Waals surface area contributed by atoms with Gasteiger partial charge >= 0.3 is 0 Å². The second-order valence-electron chi connectivity index (χ2n) is 10.5. The van der Waals surface area contributed by atoms with E-state index in [1.807, 2.05) is 12.1 Å². The van der Waals surface area contributed by atoms with E-state index in [1.165, 1.54) is 43.7 Å². The van der Waals surface area contributed by atoms with Crippen LogP contribution in [-0.2, 0) is 13.1 Å². The number of para-hydroxylation sites is 2. The first-order valence-corrected chi connectivity index (χ1v) is 14.0. The van der Waals surface area contributed by atoms with Gasteiger partial charge in [0.15, 0.2) is 11.0 Å². The Labute approximate surface area is 240 Å². The average molecular weight is 532 g/mol. The number of imidazole rings is 1. The third-order valence-corrected chi connectivity index (χ3v) is 7.87. The van der Waals surface area contributed by atoms with Gasteiger partial charge in [0.1, 0.15) is 18.8 Å². The first-order valence-electron chi connectivity index (χ1n) is 14.0. The van der Waals surface area contributed by atoms with Gasteiger partial charge in [-0.1, -0.05) is 97.1 Å². The van der Waals surface area contributed by atoms with Gasteiger partial charge in [0, 0.05) is 6.08 Å². The van der Waals surface area contributed by atoms with Gasteiger partial charge in [0.2, 0.25) is 0 Å². The molecule has 0 aliphatic carbocycles. The maximum Gasteiger partial charge on any atom is 0.283 e. The van der Waals surface area contributed by atoms with Crippen LogP contribution in [0.4, 0.5) is 0 Å². The zero-order chi connectivity index (χ0) is 27.6. The van der Waals surface area contributed by atoms with Crippen molar-refractivity contribution in [3.05, 3.63) is 156 Å². The number of hydrogen-bond donors (Lipinski definition) is 0. The van der Waals surface area contributed by atoms with Crippen molar-refractivity contribution in [1.82, 2.24) is 4.57 Å². The van der Waals surface area contributed by atoms with Crippen LogP contribution in [0.25, 0.3) is 44.7 Å². The molecule has 3 nitrogen and oxygen atoms in total. The number of fused-ring (bicyclic) bond motifs is 3. The molecule has 1 aromatic heterocycles. The van der Waals surface area contributed by atoms with Gasteiger partial charge in [-0.3, -0.25) is 0 Å². The van der Waals surface area contributed by atoms with Crippen molar-refractivity contribution < 1.29 is 9.30 Å². The van der Waals surface area contributed by atoms with Crippen molar-refractivity contribution in [2.24, 2.45) is 0 Å². The Morgan fingerprint density at radius 2 is 1.22 bits per heavy atom. The molecule has 0 radical (unpaired) electrons. The second-order valence-corrected chi connectivity index (χ2v) is 10.5. The summed E-state index contributed by atoms with van der Waals surface area (Å²) in [5.74, 6) is 2.02. The Kier molecular flexibility index (Phi) is 6.54. The lowest BCUT2D eigenvalue weighted by Crippen LogP contribution is -2.37. The minimum atomic E-state index is 0.776. The number of nitrogens with zero attached hydrogens (tertiary/aromatic N) is 2. The van der Waals surface area contributed by atoms with Crippen molar-refractivity contribution >= 4 is 44.7 Å². The number of methoxy groups -OCH3 is 1. The summed E-state index contributed by atoms with van der Waals surface area (Å²) in [5.41, 5.74) is 6.13. The Morgan fingerprint density at radius 1 is 0.610 bits per heavy atom. The first kappa shape index (κ1) is 24.9. The molecule has 1 heterocycles. The van der Waals surface area contributed by atoms with Gasteiger partial charge in [0.25, 0.3) is 5.82 Å². The van der Waals surface area contributed by atoms with Crippen LogP contribution in [0.5, 0.6) is 5.75 Å². The second kappa shape index (κ2) is 10.8. The number of rotatable bonds is 7. The largest absolute Gasteiger partial charge is 0.497 e. The van der Waals surface area contributed by atoms with Crippen LogP contribution in [0.3, 0.4) is 0 Å². The van der Waals surface area contributed by atoms with E-state index < -0.39 is 0 Å². The van der Waals surface area contributed by atoms with Crippen LogP contribution < -0.4 is 9.30 Å². The molecule has 6 aromatic carbocycles. The summed E-state index contributed by atoms with van der Waals surface area (Å²) in [6.45, 7) is 1.55. The van der Waals surface area contributed by atoms with Crippen molar-refractivity contribution in [2.75, 3.05) is 7.11 Å². The predicted molar refractivity (Wildman–Crippen MR) is 170 cm³/mol. The number of aromatic nitrogens is 2. The van der Waals surface area contributed by atoms with E-state index in [1.54, 1.807) is 7.11 Å². The lowest BCUT2D eigenvalue weighted by atomic mass is 10.1. The molecule has 0 aliphatic rings. The highest BCUT2D eigenvalue weighted by molar-refractivity contribution is 5.84. The minimum Gasteiger partial charge on any atom is -0.497 e. The van der Waals surface area contributed by atoms with Crippen LogP contribution in [0.1, 0.15) is 22.5 Å². The van der Waals surface area contributed by atoms with E-state index in [-0.39, 0.29) is 0 Å². The van der Waals surface area contributed by atoms with E-state index in [9.17, 15) is 0 Å². The van der Waals surface area contributed by atoms with Crippen molar-refractivity contribution in [3.8, 4) is 5.75 Å². The van der Waals surface area contributed by atoms with Crippen molar-refractivity contribution in [1.29, 1.82) is 0 Å². The Morgan fingerprint density at radius 3 is 1.93 bits per heavy atom. The molecule has 0 N–H and O–H groups in total. The molecule has 198 valence electrons. The average Bonchev–Trinajstić information content (AvgIpc) is 3.31. The SMILES string of the molecule is COc1ccc(/C=C/c2n(Cc3ccc4ccccc4c3)c3ccccc3[n+]2Cc2ccc3ccccc3c2)cc1. The normalized spacial score (nSPS) is 11.6. The van der Waals surface area contributed by atoms with Gasteiger partial charge in [-0.05, 0) is 80.7 Å². The maximum atomic E-state index is 5.37. The molecule has 0 saturated heterocycles. The third kappa shape index (κ3) is 4.99. The summed E-state index contributed by atoms with van der Waals surface area (Å²) < 4.78 is 10.3. The highest BCUT2D eigenvalue weighted by atomic mass is 16.5. The van der Waals surface area contributed by atoms with Crippen LogP contribution in [-0.4, -0.2) is 11.7 Å². The summed E-state index contributed by atoms with van der Waals surface area (Å²) >= 11 is 0. The summed E-state index contributed by atoms with van der Waals surface area (Å²) in [7, 11) is 1.70. The molecule has 0 fully saturated rings. The van der Waals surface area contributed by atoms with Gasteiger partial charge in [-0.25, -0.2) is 9.13 Å². The first-order chi connectivity index (χ1) is 20.2. The Hall–Kier alpha value is -5.15. The molecule has 41 heavy (non-hydrogen) atoms. The van der Waals surface area contributed by atoms with Crippen LogP contribution in [0.15, 0.2) is 133 Å².